The fourth-order valence-electron chi connectivity index (χ4n) is 0.710. The molecule has 13 heavy (non-hydrogen) atoms. The van der Waals surface area contributed by atoms with E-state index < -0.39 is 10.0 Å². The van der Waals surface area contributed by atoms with Crippen LogP contribution in [0.3, 0.4) is 0 Å². The molecule has 5 nitrogen and oxygen atoms in total. The highest BCUT2D eigenvalue weighted by Gasteiger charge is 2.13. The summed E-state index contributed by atoms with van der Waals surface area (Å²) in [5, 5.41) is 0.110. The van der Waals surface area contributed by atoms with Gasteiger partial charge in [-0.2, -0.15) is 0 Å². The predicted octanol–water partition coefficient (Wildman–Crippen LogP) is 0.575. The smallest absolute Gasteiger partial charge is 0.262 e. The Bertz CT molecular complexity index is 393. The summed E-state index contributed by atoms with van der Waals surface area (Å²) in [6.07, 6.45) is 1.30. The van der Waals surface area contributed by atoms with Crippen LogP contribution in [0.4, 0.5) is 0 Å². The van der Waals surface area contributed by atoms with Gasteiger partial charge < -0.3 is 0 Å². The van der Waals surface area contributed by atoms with Crippen LogP contribution in [0.15, 0.2) is 23.2 Å². The van der Waals surface area contributed by atoms with Gasteiger partial charge in [-0.05, 0) is 12.1 Å². The molecule has 1 rings (SSSR count). The zero-order valence-electron chi connectivity index (χ0n) is 6.69. The summed E-state index contributed by atoms with van der Waals surface area (Å²) >= 11 is 5.51. The summed E-state index contributed by atoms with van der Waals surface area (Å²) in [7, 11) is -2.42. The van der Waals surface area contributed by atoms with Crippen LogP contribution in [-0.2, 0) is 14.9 Å². The van der Waals surface area contributed by atoms with E-state index in [1.807, 2.05) is 4.89 Å². The molecule has 7 heteroatoms. The van der Waals surface area contributed by atoms with E-state index >= 15 is 0 Å². The van der Waals surface area contributed by atoms with Crippen LogP contribution in [-0.4, -0.2) is 20.5 Å². The topological polar surface area (TPSA) is 68.3 Å². The van der Waals surface area contributed by atoms with Gasteiger partial charge in [0.25, 0.3) is 10.0 Å². The summed E-state index contributed by atoms with van der Waals surface area (Å²) in [5.41, 5.74) is 0. The molecule has 0 aliphatic heterocycles. The average molecular weight is 223 g/mol. The first kappa shape index (κ1) is 10.4. The Balaban J connectivity index is 3.08. The van der Waals surface area contributed by atoms with E-state index in [0.29, 0.717) is 0 Å². The SMILES string of the molecule is CONS(=O)(=O)c1ccnc(Cl)c1. The third-order valence-electron chi connectivity index (χ3n) is 1.20. The molecule has 72 valence electrons. The van der Waals surface area contributed by atoms with Gasteiger partial charge in [-0.15, -0.1) is 0 Å². The highest BCUT2D eigenvalue weighted by atomic mass is 35.5. The van der Waals surface area contributed by atoms with Crippen molar-refractivity contribution >= 4 is 21.6 Å². The molecule has 0 amide bonds. The molecule has 1 aromatic rings. The number of hydrogen-bond acceptors (Lipinski definition) is 4. The van der Waals surface area contributed by atoms with Crippen LogP contribution in [0.5, 0.6) is 0 Å². The molecule has 0 fully saturated rings. The average Bonchev–Trinajstić information content (AvgIpc) is 2.04. The highest BCUT2D eigenvalue weighted by Crippen LogP contribution is 2.11. The number of halogens is 1. The maximum absolute atomic E-state index is 11.3. The molecule has 1 aromatic heterocycles. The van der Waals surface area contributed by atoms with Gasteiger partial charge in [0, 0.05) is 6.20 Å². The number of pyridine rings is 1. The van der Waals surface area contributed by atoms with Crippen molar-refractivity contribution in [3.63, 3.8) is 0 Å². The van der Waals surface area contributed by atoms with Gasteiger partial charge in [0.15, 0.2) is 0 Å². The molecular weight excluding hydrogens is 216 g/mol. The van der Waals surface area contributed by atoms with Gasteiger partial charge in [-0.1, -0.05) is 16.5 Å². The van der Waals surface area contributed by atoms with Gasteiger partial charge in [0.1, 0.15) is 5.15 Å². The molecule has 0 saturated carbocycles. The number of rotatable bonds is 3. The lowest BCUT2D eigenvalue weighted by molar-refractivity contribution is 0.153. The second-order valence-electron chi connectivity index (χ2n) is 2.11. The van der Waals surface area contributed by atoms with Gasteiger partial charge in [-0.3, -0.25) is 4.84 Å². The molecule has 0 spiro atoms. The first-order valence-corrected chi connectivity index (χ1v) is 5.09. The van der Waals surface area contributed by atoms with E-state index in [4.69, 9.17) is 11.6 Å². The lowest BCUT2D eigenvalue weighted by Crippen LogP contribution is -2.22. The molecule has 0 aromatic carbocycles. The molecule has 0 bridgehead atoms. The van der Waals surface area contributed by atoms with Gasteiger partial charge >= 0.3 is 0 Å². The predicted molar refractivity (Wildman–Crippen MR) is 46.6 cm³/mol. The van der Waals surface area contributed by atoms with Crippen LogP contribution < -0.4 is 4.89 Å². The first-order chi connectivity index (χ1) is 6.06. The Morgan fingerprint density at radius 1 is 1.62 bits per heavy atom. The minimum Gasteiger partial charge on any atom is -0.290 e. The molecule has 1 N–H and O–H groups in total. The van der Waals surface area contributed by atoms with Crippen molar-refractivity contribution < 1.29 is 13.3 Å². The summed E-state index contributed by atoms with van der Waals surface area (Å²) in [6, 6.07) is 2.54. The number of hydrogen-bond donors (Lipinski definition) is 1. The van der Waals surface area contributed by atoms with Crippen molar-refractivity contribution in [2.24, 2.45) is 0 Å². The van der Waals surface area contributed by atoms with Crippen LogP contribution >= 0.6 is 11.6 Å². The third-order valence-corrected chi connectivity index (χ3v) is 2.67. The van der Waals surface area contributed by atoms with Crippen LogP contribution in [0.2, 0.25) is 5.15 Å². The van der Waals surface area contributed by atoms with E-state index in [0.717, 1.165) is 0 Å². The molecule has 0 atom stereocenters. The fourth-order valence-corrected chi connectivity index (χ4v) is 1.77. The largest absolute Gasteiger partial charge is 0.290 e. The molecule has 0 unspecified atom stereocenters. The summed E-state index contributed by atoms with van der Waals surface area (Å²) < 4.78 is 22.5. The second-order valence-corrected chi connectivity index (χ2v) is 4.14. The Morgan fingerprint density at radius 3 is 2.85 bits per heavy atom. The molecule has 0 aliphatic carbocycles. The van der Waals surface area contributed by atoms with E-state index in [9.17, 15) is 8.42 Å². The second kappa shape index (κ2) is 4.01. The number of nitrogens with one attached hydrogen (secondary N) is 1. The minimum atomic E-state index is -3.63. The maximum Gasteiger partial charge on any atom is 0.262 e. The van der Waals surface area contributed by atoms with Gasteiger partial charge in [-0.25, -0.2) is 13.4 Å². The number of aromatic nitrogens is 1. The van der Waals surface area contributed by atoms with Crippen molar-refractivity contribution in [2.45, 2.75) is 4.90 Å². The standard InChI is InChI=1S/C6H7ClN2O3S/c1-12-9-13(10,11)5-2-3-8-6(7)4-5/h2-4,9H,1H3. The summed E-state index contributed by atoms with van der Waals surface area (Å²) in [6.45, 7) is 0. The van der Waals surface area contributed by atoms with E-state index in [2.05, 4.69) is 9.82 Å². The fraction of sp³-hybridized carbons (Fsp3) is 0.167. The zero-order valence-corrected chi connectivity index (χ0v) is 8.26. The van der Waals surface area contributed by atoms with Crippen molar-refractivity contribution in [3.8, 4) is 0 Å². The van der Waals surface area contributed by atoms with Crippen LogP contribution in [0, 0.1) is 0 Å². The summed E-state index contributed by atoms with van der Waals surface area (Å²) in [4.78, 5) is 9.81. The number of sulfonamides is 1. The monoisotopic (exact) mass is 222 g/mol. The molecule has 0 radical (unpaired) electrons. The molecular formula is C6H7ClN2O3S. The molecule has 0 saturated heterocycles. The molecule has 1 heterocycles. The lowest BCUT2D eigenvalue weighted by Gasteiger charge is -2.03. The zero-order chi connectivity index (χ0) is 9.90. The van der Waals surface area contributed by atoms with Crippen LogP contribution in [0.25, 0.3) is 0 Å². The minimum absolute atomic E-state index is 0.00866. The quantitative estimate of drug-likeness (QED) is 0.600. The summed E-state index contributed by atoms with van der Waals surface area (Å²) in [5.74, 6) is 0. The Labute approximate surface area is 80.7 Å². The Morgan fingerprint density at radius 2 is 2.31 bits per heavy atom. The maximum atomic E-state index is 11.3. The van der Waals surface area contributed by atoms with Gasteiger partial charge in [0.05, 0.1) is 12.0 Å². The van der Waals surface area contributed by atoms with E-state index in [1.165, 1.54) is 25.4 Å². The van der Waals surface area contributed by atoms with E-state index in [-0.39, 0.29) is 10.0 Å². The van der Waals surface area contributed by atoms with E-state index in [1.54, 1.807) is 0 Å². The van der Waals surface area contributed by atoms with Crippen molar-refractivity contribution in [1.82, 2.24) is 9.87 Å². The van der Waals surface area contributed by atoms with Crippen LogP contribution in [0.1, 0.15) is 0 Å². The Kier molecular flexibility index (Phi) is 3.21. The third kappa shape index (κ3) is 2.63. The lowest BCUT2D eigenvalue weighted by atomic mass is 10.5. The molecule has 0 aliphatic rings. The van der Waals surface area contributed by atoms with Gasteiger partial charge in [0.2, 0.25) is 0 Å². The number of nitrogens with zero attached hydrogens (tertiary/aromatic N) is 1. The Hall–Kier alpha value is -0.690. The highest BCUT2D eigenvalue weighted by molar-refractivity contribution is 7.89. The van der Waals surface area contributed by atoms with Crippen molar-refractivity contribution in [3.05, 3.63) is 23.5 Å². The first-order valence-electron chi connectivity index (χ1n) is 3.22. The van der Waals surface area contributed by atoms with Crippen molar-refractivity contribution in [1.29, 1.82) is 0 Å². The normalized spacial score (nSPS) is 11.5. The van der Waals surface area contributed by atoms with Crippen molar-refractivity contribution in [2.75, 3.05) is 7.11 Å².